The van der Waals surface area contributed by atoms with Gasteiger partial charge >= 0.3 is 0 Å². The predicted octanol–water partition coefficient (Wildman–Crippen LogP) is 29.9. The van der Waals surface area contributed by atoms with Crippen molar-refractivity contribution >= 4 is 0 Å². The third kappa shape index (κ3) is 27.2. The van der Waals surface area contributed by atoms with Gasteiger partial charge < -0.3 is 14.2 Å². The van der Waals surface area contributed by atoms with Gasteiger partial charge in [0, 0.05) is 83.5 Å². The van der Waals surface area contributed by atoms with Gasteiger partial charge in [-0.05, 0) is 259 Å². The van der Waals surface area contributed by atoms with E-state index in [1.165, 1.54) is 66.8 Å². The Kier molecular flexibility index (Phi) is 29.6. The molecule has 0 atom stereocenters. The second-order valence-corrected chi connectivity index (χ2v) is 48.1. The first-order valence-electron chi connectivity index (χ1n) is 46.7. The summed E-state index contributed by atoms with van der Waals surface area (Å²) in [6, 6.07) is 58.6. The lowest BCUT2D eigenvalue weighted by Crippen LogP contribution is -2.16. The van der Waals surface area contributed by atoms with Crippen LogP contribution in [-0.2, 0) is 65.0 Å². The topological polar surface area (TPSA) is 27.7 Å². The summed E-state index contributed by atoms with van der Waals surface area (Å²) < 4.78 is 19.1. The summed E-state index contributed by atoms with van der Waals surface area (Å²) in [5.74, 6) is 66.9. The fourth-order valence-corrected chi connectivity index (χ4v) is 14.7. The van der Waals surface area contributed by atoms with Gasteiger partial charge in [-0.15, -0.1) is 0 Å². The average Bonchev–Trinajstić information content (AvgIpc) is 0.809. The molecule has 3 nitrogen and oxygen atoms in total. The molecule has 0 heterocycles. The molecule has 0 aliphatic heterocycles. The summed E-state index contributed by atoms with van der Waals surface area (Å²) in [6.45, 7) is 81.1. The van der Waals surface area contributed by atoms with E-state index in [-0.39, 0.29) is 65.0 Å². The predicted molar refractivity (Wildman–Crippen MR) is 562 cm³/mol. The summed E-state index contributed by atoms with van der Waals surface area (Å²) in [7, 11) is 5.04. The maximum Gasteiger partial charge on any atom is 0.135 e. The van der Waals surface area contributed by atoms with Gasteiger partial charge in [0.1, 0.15) is 17.2 Å². The summed E-state index contributed by atoms with van der Waals surface area (Å²) in [6.07, 6.45) is 0. The minimum absolute atomic E-state index is 0.110. The van der Waals surface area contributed by atoms with Crippen molar-refractivity contribution in [3.8, 4) is 124 Å². The highest BCUT2D eigenvalue weighted by Gasteiger charge is 2.29. The van der Waals surface area contributed by atoms with Crippen LogP contribution in [0.25, 0.3) is 0 Å². The number of methoxy groups -OCH3 is 3. The lowest BCUT2D eigenvalue weighted by atomic mass is 9.79. The Morgan fingerprint density at radius 3 is 0.341 bits per heavy atom. The first-order chi connectivity index (χ1) is 60.7. The monoisotopic (exact) mass is 1740 g/mol. The summed E-state index contributed by atoms with van der Waals surface area (Å²) in [5, 5.41) is 0. The smallest absolute Gasteiger partial charge is 0.135 e. The fourth-order valence-electron chi connectivity index (χ4n) is 14.7. The molecule has 10 rings (SSSR count). The van der Waals surface area contributed by atoms with Crippen LogP contribution in [0.3, 0.4) is 0 Å². The van der Waals surface area contributed by atoms with Crippen molar-refractivity contribution in [3.05, 3.63) is 331 Å². The van der Waals surface area contributed by atoms with Crippen LogP contribution in [0.4, 0.5) is 0 Å². The zero-order chi connectivity index (χ0) is 98.0. The molecule has 0 amide bonds. The van der Waals surface area contributed by atoms with Crippen LogP contribution >= 0.6 is 0 Å². The second-order valence-electron chi connectivity index (χ2n) is 48.1. The number of hydrogen-bond acceptors (Lipinski definition) is 3. The molecule has 0 bridgehead atoms. The van der Waals surface area contributed by atoms with E-state index in [0.717, 1.165) is 33.4 Å². The van der Waals surface area contributed by atoms with E-state index in [1.807, 2.05) is 54.6 Å². The van der Waals surface area contributed by atoms with Gasteiger partial charge in [-0.1, -0.05) is 392 Å². The highest BCUT2D eigenvalue weighted by atomic mass is 16.5. The summed E-state index contributed by atoms with van der Waals surface area (Å²) in [5.41, 5.74) is 26.8. The van der Waals surface area contributed by atoms with E-state index in [2.05, 4.69) is 465 Å². The molecule has 0 aliphatic rings. The van der Waals surface area contributed by atoms with E-state index < -0.39 is 0 Å². The molecular formula is C129H144O3. The molecule has 132 heavy (non-hydrogen) atoms. The minimum atomic E-state index is -0.123. The molecule has 0 saturated carbocycles. The number of ether oxygens (including phenoxy) is 3. The quantitative estimate of drug-likeness (QED) is 0.165. The van der Waals surface area contributed by atoms with E-state index in [0.29, 0.717) is 84.0 Å². The van der Waals surface area contributed by atoms with E-state index in [1.54, 1.807) is 21.3 Å². The molecule has 0 spiro atoms. The standard InChI is InChI=1S/C129H144O3/c1-118(2,3)103-61-88(62-104(79-103)119(4,5)6)40-49-94-73-100(115(130-37)76-97(94)52-43-91-67-109(124(19,20)21)82-110(68-91)125(22,23)24)55-46-85-58-86(47-56-101-74-95(50-41-89-63-105(120(7,8)9)80-106(64-89)121(10,11)12)98(77-116(101)131-38)53-44-92-69-111(126(25,26)27)83-112(70-92)127(28,29)30)60-87(59-85)48-57-102-75-96(51-42-90-65-107(122(13,14)15)81-108(66-90)123(16,17)18)99(78-117(102)132-39)54-45-93-71-113(128(31,32)33)84-114(72-93)129(34,35)36/h58-84H,1-39H3. The Morgan fingerprint density at radius 1 is 0.121 bits per heavy atom. The van der Waals surface area contributed by atoms with Crippen molar-refractivity contribution in [2.24, 2.45) is 0 Å². The Labute approximate surface area is 798 Å². The average molecular weight is 1740 g/mol. The van der Waals surface area contributed by atoms with Crippen LogP contribution in [0.15, 0.2) is 164 Å². The van der Waals surface area contributed by atoms with Crippen molar-refractivity contribution in [2.45, 2.75) is 314 Å². The van der Waals surface area contributed by atoms with Crippen molar-refractivity contribution in [1.82, 2.24) is 0 Å². The molecule has 0 fully saturated rings. The molecular weight excluding hydrogens is 1600 g/mol. The Balaban J connectivity index is 1.26. The minimum Gasteiger partial charge on any atom is -0.495 e. The summed E-state index contributed by atoms with van der Waals surface area (Å²) in [4.78, 5) is 0. The third-order valence-electron chi connectivity index (χ3n) is 24.0. The van der Waals surface area contributed by atoms with E-state index >= 15 is 0 Å². The molecule has 0 unspecified atom stereocenters. The lowest BCUT2D eigenvalue weighted by molar-refractivity contribution is 0.413. The van der Waals surface area contributed by atoms with E-state index in [4.69, 9.17) is 14.2 Å². The van der Waals surface area contributed by atoms with E-state index in [9.17, 15) is 0 Å². The molecule has 10 aromatic rings. The molecule has 0 N–H and O–H groups in total. The number of hydrogen-bond donors (Lipinski definition) is 0. The van der Waals surface area contributed by atoms with Crippen molar-refractivity contribution in [2.75, 3.05) is 21.3 Å². The largest absolute Gasteiger partial charge is 0.495 e. The Morgan fingerprint density at radius 2 is 0.227 bits per heavy atom. The van der Waals surface area contributed by atoms with Gasteiger partial charge in [0.05, 0.1) is 38.0 Å². The molecule has 0 radical (unpaired) electrons. The van der Waals surface area contributed by atoms with Gasteiger partial charge in [0.15, 0.2) is 0 Å². The van der Waals surface area contributed by atoms with Crippen molar-refractivity contribution in [1.29, 1.82) is 0 Å². The second kappa shape index (κ2) is 38.5. The summed E-state index contributed by atoms with van der Waals surface area (Å²) >= 11 is 0. The van der Waals surface area contributed by atoms with Gasteiger partial charge in [0.25, 0.3) is 0 Å². The molecule has 3 heteroatoms. The van der Waals surface area contributed by atoms with Crippen LogP contribution < -0.4 is 14.2 Å². The maximum atomic E-state index is 6.36. The Hall–Kier alpha value is -12.4. The van der Waals surface area contributed by atoms with Crippen LogP contribution in [0.5, 0.6) is 17.2 Å². The van der Waals surface area contributed by atoms with Gasteiger partial charge in [0.2, 0.25) is 0 Å². The molecule has 0 aliphatic carbocycles. The van der Waals surface area contributed by atoms with Crippen LogP contribution in [0.1, 0.15) is 416 Å². The fraction of sp³-hybridized carbons (Fsp3) is 0.395. The molecule has 0 aromatic heterocycles. The molecule has 10 aromatic carbocycles. The van der Waals surface area contributed by atoms with Gasteiger partial charge in [-0.25, -0.2) is 0 Å². The van der Waals surface area contributed by atoms with Gasteiger partial charge in [-0.3, -0.25) is 0 Å². The first-order valence-corrected chi connectivity index (χ1v) is 46.7. The number of benzene rings is 10. The van der Waals surface area contributed by atoms with Gasteiger partial charge in [-0.2, -0.15) is 0 Å². The highest BCUT2D eigenvalue weighted by Crippen LogP contribution is 2.39. The highest BCUT2D eigenvalue weighted by molar-refractivity contribution is 5.69. The molecule has 678 valence electrons. The molecule has 0 saturated heterocycles. The lowest BCUT2D eigenvalue weighted by Gasteiger charge is -2.25. The van der Waals surface area contributed by atoms with Crippen LogP contribution in [-0.4, -0.2) is 21.3 Å². The zero-order valence-electron chi connectivity index (χ0n) is 87.3. The van der Waals surface area contributed by atoms with Crippen LogP contribution in [0.2, 0.25) is 0 Å². The number of rotatable bonds is 3. The van der Waals surface area contributed by atoms with Crippen LogP contribution in [0, 0.1) is 107 Å². The van der Waals surface area contributed by atoms with Crippen molar-refractivity contribution < 1.29 is 14.2 Å². The maximum absolute atomic E-state index is 6.36. The third-order valence-corrected chi connectivity index (χ3v) is 24.0. The Bertz CT molecular complexity index is 5900. The van der Waals surface area contributed by atoms with Crippen molar-refractivity contribution in [3.63, 3.8) is 0 Å². The normalized spacial score (nSPS) is 12.1. The first kappa shape index (κ1) is 102. The zero-order valence-corrected chi connectivity index (χ0v) is 87.3. The SMILES string of the molecule is COc1cc(C#Cc2cc(C(C)(C)C)cc(C(C)(C)C)c2)c(C#Cc2cc(C(C)(C)C)cc(C(C)(C)C)c2)cc1C#Cc1cc(C#Cc2cc(C#Cc3cc(C(C)(C)C)cc(C(C)(C)C)c3)c(C#Cc3cc(C(C)(C)C)cc(C(C)(C)C)c3)cc2OC)cc(C#Cc2cc(C#Cc3cc(C(C)(C)C)cc(C(C)(C)C)c3)c(C#Cc3cc(C(C)(C)C)cc(C(C)(C)C)c3)cc2OC)c1.